The molecule has 3 heterocycles. The predicted octanol–water partition coefficient (Wildman–Crippen LogP) is 5.98. The zero-order valence-corrected chi connectivity index (χ0v) is 25.2. The molecule has 5 rings (SSSR count). The number of fused-ring (bicyclic) bond motifs is 1. The van der Waals surface area contributed by atoms with Gasteiger partial charge in [0.25, 0.3) is 5.56 Å². The zero-order chi connectivity index (χ0) is 31.1. The van der Waals surface area contributed by atoms with Gasteiger partial charge >= 0.3 is 0 Å². The molecule has 2 aliphatic heterocycles. The Hall–Kier alpha value is -4.41. The van der Waals surface area contributed by atoms with E-state index in [1.807, 2.05) is 32.9 Å². The van der Waals surface area contributed by atoms with Gasteiger partial charge in [-0.15, -0.1) is 0 Å². The molecule has 43 heavy (non-hydrogen) atoms. The standard InChI is InChI=1S/C30H31F2N5O4.C2H6/c1-17-16-25(38)34-35-29(17)21-9-11-23(28(32)27(21)31)41-15-5-4-14-37-26(39)13-10-22(36-37)19-8-12-24(40-3)30-20(19)7-6-18(2)33-30;1-2/h8-13,17H,4-7,14-16H2,1-3H3,(H,34,38);1-2H3. The molecule has 228 valence electrons. The Labute approximate surface area is 249 Å². The molecular formula is C32H37F2N5O4. The van der Waals surface area contributed by atoms with Crippen LogP contribution in [0.2, 0.25) is 0 Å². The van der Waals surface area contributed by atoms with Crippen LogP contribution in [0.5, 0.6) is 11.5 Å². The lowest BCUT2D eigenvalue weighted by atomic mass is 9.93. The second-order valence-corrected chi connectivity index (χ2v) is 10.2. The van der Waals surface area contributed by atoms with Crippen LogP contribution in [0.25, 0.3) is 11.3 Å². The van der Waals surface area contributed by atoms with Crippen molar-refractivity contribution in [2.45, 2.75) is 66.3 Å². The Morgan fingerprint density at radius 3 is 2.47 bits per heavy atom. The number of ether oxygens (including phenoxy) is 2. The lowest BCUT2D eigenvalue weighted by molar-refractivity contribution is -0.121. The van der Waals surface area contributed by atoms with E-state index in [2.05, 4.69) is 15.6 Å². The number of nitrogens with one attached hydrogen (secondary N) is 1. The van der Waals surface area contributed by atoms with E-state index >= 15 is 0 Å². The molecule has 1 atom stereocenters. The third-order valence-electron chi connectivity index (χ3n) is 7.25. The van der Waals surface area contributed by atoms with Crippen LogP contribution >= 0.6 is 0 Å². The van der Waals surface area contributed by atoms with Gasteiger partial charge in [-0.25, -0.2) is 14.5 Å². The SMILES string of the molecule is CC.COc1ccc(-c2ccc(=O)n(CCCCOc3ccc(C4=NNC(=O)CC4C)c(F)c3F)n2)c2c1N=C(C)CC2. The monoisotopic (exact) mass is 593 g/mol. The summed E-state index contributed by atoms with van der Waals surface area (Å²) in [4.78, 5) is 28.7. The van der Waals surface area contributed by atoms with E-state index in [-0.39, 0.29) is 47.4 Å². The first kappa shape index (κ1) is 31.5. The largest absolute Gasteiger partial charge is 0.494 e. The minimum atomic E-state index is -1.11. The smallest absolute Gasteiger partial charge is 0.266 e. The Bertz CT molecular complexity index is 1620. The fourth-order valence-electron chi connectivity index (χ4n) is 5.07. The van der Waals surface area contributed by atoms with Gasteiger partial charge < -0.3 is 9.47 Å². The number of aromatic nitrogens is 2. The van der Waals surface area contributed by atoms with Crippen molar-refractivity contribution in [2.75, 3.05) is 13.7 Å². The van der Waals surface area contributed by atoms with Crippen molar-refractivity contribution in [1.82, 2.24) is 15.2 Å². The number of rotatable bonds is 9. The Balaban J connectivity index is 0.00000207. The molecule has 1 N–H and O–H groups in total. The van der Waals surface area contributed by atoms with E-state index in [0.717, 1.165) is 35.4 Å². The molecule has 1 amide bonds. The molecule has 0 spiro atoms. The van der Waals surface area contributed by atoms with E-state index in [1.54, 1.807) is 20.1 Å². The fraction of sp³-hybridized carbons (Fsp3) is 0.406. The van der Waals surface area contributed by atoms with Gasteiger partial charge in [0.05, 0.1) is 25.1 Å². The summed E-state index contributed by atoms with van der Waals surface area (Å²) in [6.45, 7) is 8.19. The van der Waals surface area contributed by atoms with Crippen LogP contribution in [-0.4, -0.2) is 40.8 Å². The molecule has 0 aliphatic carbocycles. The first-order valence-electron chi connectivity index (χ1n) is 14.6. The second kappa shape index (κ2) is 14.2. The van der Waals surface area contributed by atoms with Crippen LogP contribution in [-0.2, 0) is 17.8 Å². The highest BCUT2D eigenvalue weighted by molar-refractivity contribution is 6.06. The predicted molar refractivity (Wildman–Crippen MR) is 162 cm³/mol. The average Bonchev–Trinajstić information content (AvgIpc) is 3.01. The number of unbranched alkanes of at least 4 members (excludes halogenated alkanes) is 1. The highest BCUT2D eigenvalue weighted by Gasteiger charge is 2.26. The van der Waals surface area contributed by atoms with Gasteiger partial charge in [0.1, 0.15) is 11.4 Å². The minimum absolute atomic E-state index is 0.00672. The maximum Gasteiger partial charge on any atom is 0.266 e. The van der Waals surface area contributed by atoms with Crippen molar-refractivity contribution in [1.29, 1.82) is 0 Å². The van der Waals surface area contributed by atoms with E-state index in [1.165, 1.54) is 22.9 Å². The van der Waals surface area contributed by atoms with Crippen molar-refractivity contribution >= 4 is 23.0 Å². The highest BCUT2D eigenvalue weighted by atomic mass is 19.2. The van der Waals surface area contributed by atoms with Crippen LogP contribution < -0.4 is 20.5 Å². The summed E-state index contributed by atoms with van der Waals surface area (Å²) in [6.07, 6.45) is 2.82. The summed E-state index contributed by atoms with van der Waals surface area (Å²) in [5.74, 6) is -2.30. The first-order chi connectivity index (χ1) is 20.8. The zero-order valence-electron chi connectivity index (χ0n) is 25.2. The Morgan fingerprint density at radius 1 is 0.977 bits per heavy atom. The molecule has 0 radical (unpaired) electrons. The molecule has 1 unspecified atom stereocenters. The van der Waals surface area contributed by atoms with Gasteiger partial charge in [0.2, 0.25) is 11.7 Å². The van der Waals surface area contributed by atoms with Gasteiger partial charge in [-0.1, -0.05) is 20.8 Å². The molecule has 3 aromatic rings. The number of amides is 1. The second-order valence-electron chi connectivity index (χ2n) is 10.2. The molecule has 0 fully saturated rings. The summed E-state index contributed by atoms with van der Waals surface area (Å²) in [5.41, 5.74) is 6.81. The molecule has 9 nitrogen and oxygen atoms in total. The van der Waals surface area contributed by atoms with Gasteiger partial charge in [-0.2, -0.15) is 14.6 Å². The Morgan fingerprint density at radius 2 is 1.72 bits per heavy atom. The van der Waals surface area contributed by atoms with Crippen LogP contribution in [0.4, 0.5) is 14.5 Å². The summed E-state index contributed by atoms with van der Waals surface area (Å²) in [6, 6.07) is 9.77. The number of aliphatic imine (C=N–C) groups is 1. The van der Waals surface area contributed by atoms with Gasteiger partial charge in [-0.3, -0.25) is 14.6 Å². The van der Waals surface area contributed by atoms with Crippen LogP contribution in [0, 0.1) is 17.6 Å². The summed E-state index contributed by atoms with van der Waals surface area (Å²) in [5, 5.41) is 8.50. The minimum Gasteiger partial charge on any atom is -0.494 e. The number of halogens is 2. The van der Waals surface area contributed by atoms with Crippen molar-refractivity contribution in [3.63, 3.8) is 0 Å². The number of aryl methyl sites for hydroxylation is 1. The topological polar surface area (TPSA) is 107 Å². The molecule has 2 aromatic carbocycles. The van der Waals surface area contributed by atoms with E-state index in [4.69, 9.17) is 14.5 Å². The third kappa shape index (κ3) is 6.98. The van der Waals surface area contributed by atoms with Crippen LogP contribution in [0.3, 0.4) is 0 Å². The lowest BCUT2D eigenvalue weighted by Gasteiger charge is -2.20. The Kier molecular flexibility index (Phi) is 10.4. The number of nitrogens with zero attached hydrogens (tertiary/aromatic N) is 4. The van der Waals surface area contributed by atoms with E-state index < -0.39 is 11.6 Å². The quantitative estimate of drug-likeness (QED) is 0.307. The molecule has 0 saturated heterocycles. The molecular weight excluding hydrogens is 556 g/mol. The summed E-state index contributed by atoms with van der Waals surface area (Å²) >= 11 is 0. The lowest BCUT2D eigenvalue weighted by Crippen LogP contribution is -2.32. The van der Waals surface area contributed by atoms with Crippen molar-refractivity contribution in [2.24, 2.45) is 16.0 Å². The number of hydrogen-bond donors (Lipinski definition) is 1. The summed E-state index contributed by atoms with van der Waals surface area (Å²) in [7, 11) is 1.62. The van der Waals surface area contributed by atoms with Gasteiger partial charge in [0, 0.05) is 41.8 Å². The molecule has 0 saturated carbocycles. The van der Waals surface area contributed by atoms with E-state index in [0.29, 0.717) is 30.8 Å². The first-order valence-corrected chi connectivity index (χ1v) is 14.6. The van der Waals surface area contributed by atoms with Crippen LogP contribution in [0.15, 0.2) is 51.3 Å². The van der Waals surface area contributed by atoms with Crippen molar-refractivity contribution in [3.05, 3.63) is 69.5 Å². The maximum absolute atomic E-state index is 14.8. The molecule has 11 heteroatoms. The van der Waals surface area contributed by atoms with Gasteiger partial charge in [0.15, 0.2) is 11.6 Å². The van der Waals surface area contributed by atoms with Gasteiger partial charge in [-0.05, 0) is 68.5 Å². The number of hydrazone groups is 1. The fourth-order valence-corrected chi connectivity index (χ4v) is 5.07. The van der Waals surface area contributed by atoms with Crippen LogP contribution in [0.1, 0.15) is 64.5 Å². The van der Waals surface area contributed by atoms with E-state index in [9.17, 15) is 18.4 Å². The molecule has 1 aromatic heterocycles. The van der Waals surface area contributed by atoms with Crippen molar-refractivity contribution < 1.29 is 23.0 Å². The normalized spacial score (nSPS) is 15.8. The number of hydrogen-bond acceptors (Lipinski definition) is 7. The summed E-state index contributed by atoms with van der Waals surface area (Å²) < 4.78 is 41.9. The molecule has 2 aliphatic rings. The van der Waals surface area contributed by atoms with Crippen molar-refractivity contribution in [3.8, 4) is 22.8 Å². The number of carbonyl (C=O) groups is 1. The number of methoxy groups -OCH3 is 1. The molecule has 0 bridgehead atoms. The number of benzene rings is 2. The average molecular weight is 594 g/mol. The maximum atomic E-state index is 14.8. The number of carbonyl (C=O) groups excluding carboxylic acids is 1. The highest BCUT2D eigenvalue weighted by Crippen LogP contribution is 2.40. The third-order valence-corrected chi connectivity index (χ3v) is 7.25.